The van der Waals surface area contributed by atoms with Crippen LogP contribution in [0.3, 0.4) is 0 Å². The normalized spacial score (nSPS) is 20.8. The number of urea groups is 1. The predicted octanol–water partition coefficient (Wildman–Crippen LogP) is 2.95. The Bertz CT molecular complexity index is 890. The summed E-state index contributed by atoms with van der Waals surface area (Å²) in [7, 11) is 0. The highest BCUT2D eigenvalue weighted by molar-refractivity contribution is 7.18. The summed E-state index contributed by atoms with van der Waals surface area (Å²) in [4.78, 5) is 31.4. The van der Waals surface area contributed by atoms with E-state index in [-0.39, 0.29) is 24.6 Å². The molecule has 0 unspecified atom stereocenters. The van der Waals surface area contributed by atoms with Gasteiger partial charge in [-0.05, 0) is 38.4 Å². The SMILES string of the molecule is CCOC(=O)C1=C(CN2CCCC[C@@H]2c2nc3ccccc3s2)NC(=O)NC1. The summed E-state index contributed by atoms with van der Waals surface area (Å²) in [5.74, 6) is -0.376. The third-order valence-corrected chi connectivity index (χ3v) is 6.28. The molecular formula is C20H24N4O3S. The van der Waals surface area contributed by atoms with Crippen molar-refractivity contribution in [3.8, 4) is 0 Å². The van der Waals surface area contributed by atoms with Crippen LogP contribution in [0.5, 0.6) is 0 Å². The number of nitrogens with zero attached hydrogens (tertiary/aromatic N) is 2. The third-order valence-electron chi connectivity index (χ3n) is 5.15. The largest absolute Gasteiger partial charge is 0.463 e. The van der Waals surface area contributed by atoms with E-state index in [0.29, 0.717) is 24.4 Å². The maximum Gasteiger partial charge on any atom is 0.337 e. The number of benzene rings is 1. The summed E-state index contributed by atoms with van der Waals surface area (Å²) in [6.07, 6.45) is 3.26. The Kier molecular flexibility index (Phi) is 5.59. The zero-order valence-corrected chi connectivity index (χ0v) is 16.7. The molecule has 1 aromatic heterocycles. The van der Waals surface area contributed by atoms with Crippen LogP contribution in [-0.2, 0) is 9.53 Å². The van der Waals surface area contributed by atoms with Crippen molar-refractivity contribution in [2.45, 2.75) is 32.2 Å². The van der Waals surface area contributed by atoms with Gasteiger partial charge in [-0.1, -0.05) is 18.6 Å². The number of thiazole rings is 1. The van der Waals surface area contributed by atoms with Gasteiger partial charge in [-0.2, -0.15) is 0 Å². The Balaban J connectivity index is 1.61. The molecule has 0 bridgehead atoms. The van der Waals surface area contributed by atoms with Gasteiger partial charge >= 0.3 is 12.0 Å². The molecule has 1 saturated heterocycles. The average Bonchev–Trinajstić information content (AvgIpc) is 3.13. The van der Waals surface area contributed by atoms with Crippen molar-refractivity contribution in [3.05, 3.63) is 40.5 Å². The lowest BCUT2D eigenvalue weighted by Gasteiger charge is -2.36. The Morgan fingerprint density at radius 1 is 1.36 bits per heavy atom. The maximum absolute atomic E-state index is 12.3. The fourth-order valence-corrected chi connectivity index (χ4v) is 4.91. The summed E-state index contributed by atoms with van der Waals surface area (Å²) in [6.45, 7) is 3.69. The van der Waals surface area contributed by atoms with Gasteiger partial charge in [0.25, 0.3) is 0 Å². The van der Waals surface area contributed by atoms with Crippen LogP contribution < -0.4 is 10.6 Å². The van der Waals surface area contributed by atoms with E-state index in [0.717, 1.165) is 36.3 Å². The van der Waals surface area contributed by atoms with E-state index in [1.54, 1.807) is 18.3 Å². The Labute approximate surface area is 167 Å². The molecule has 0 radical (unpaired) electrons. The average molecular weight is 401 g/mol. The highest BCUT2D eigenvalue weighted by atomic mass is 32.1. The highest BCUT2D eigenvalue weighted by Gasteiger charge is 2.31. The van der Waals surface area contributed by atoms with Gasteiger partial charge in [0.1, 0.15) is 5.01 Å². The first-order valence-electron chi connectivity index (χ1n) is 9.69. The minimum absolute atomic E-state index is 0.189. The molecule has 0 spiro atoms. The van der Waals surface area contributed by atoms with Crippen molar-refractivity contribution in [2.75, 3.05) is 26.2 Å². The van der Waals surface area contributed by atoms with Crippen molar-refractivity contribution in [3.63, 3.8) is 0 Å². The molecule has 7 nitrogen and oxygen atoms in total. The van der Waals surface area contributed by atoms with Crippen molar-refractivity contribution in [1.82, 2.24) is 20.5 Å². The summed E-state index contributed by atoms with van der Waals surface area (Å²) in [5, 5.41) is 6.58. The number of aromatic nitrogens is 1. The Hall–Kier alpha value is -2.45. The monoisotopic (exact) mass is 400 g/mol. The van der Waals surface area contributed by atoms with Gasteiger partial charge in [-0.3, -0.25) is 4.90 Å². The molecule has 2 aliphatic heterocycles. The zero-order valence-electron chi connectivity index (χ0n) is 15.9. The molecule has 2 N–H and O–H groups in total. The quantitative estimate of drug-likeness (QED) is 0.754. The van der Waals surface area contributed by atoms with Crippen LogP contribution >= 0.6 is 11.3 Å². The molecular weight excluding hydrogens is 376 g/mol. The van der Waals surface area contributed by atoms with Gasteiger partial charge in [0.05, 0.1) is 35.0 Å². The van der Waals surface area contributed by atoms with Gasteiger partial charge in [0.2, 0.25) is 0 Å². The van der Waals surface area contributed by atoms with E-state index < -0.39 is 0 Å². The molecule has 1 fully saturated rings. The van der Waals surface area contributed by atoms with E-state index in [9.17, 15) is 9.59 Å². The van der Waals surface area contributed by atoms with Gasteiger partial charge in [0, 0.05) is 12.2 Å². The third kappa shape index (κ3) is 3.88. The number of carbonyl (C=O) groups excluding carboxylic acids is 2. The van der Waals surface area contributed by atoms with Crippen molar-refractivity contribution >= 4 is 33.6 Å². The summed E-state index contributed by atoms with van der Waals surface area (Å²) < 4.78 is 6.36. The number of fused-ring (bicyclic) bond motifs is 1. The first-order valence-corrected chi connectivity index (χ1v) is 10.5. The van der Waals surface area contributed by atoms with E-state index >= 15 is 0 Å². The number of para-hydroxylation sites is 1. The molecule has 2 amide bonds. The predicted molar refractivity (Wildman–Crippen MR) is 108 cm³/mol. The smallest absolute Gasteiger partial charge is 0.337 e. The molecule has 3 heterocycles. The van der Waals surface area contributed by atoms with E-state index in [1.165, 1.54) is 4.70 Å². The van der Waals surface area contributed by atoms with Crippen molar-refractivity contribution in [2.24, 2.45) is 0 Å². The maximum atomic E-state index is 12.3. The fourth-order valence-electron chi connectivity index (χ4n) is 3.78. The summed E-state index contributed by atoms with van der Waals surface area (Å²) in [6, 6.07) is 8.08. The number of piperidine rings is 1. The minimum atomic E-state index is -0.376. The number of nitrogens with one attached hydrogen (secondary N) is 2. The van der Waals surface area contributed by atoms with Crippen LogP contribution in [0.15, 0.2) is 35.5 Å². The number of amides is 2. The number of rotatable bonds is 5. The lowest BCUT2D eigenvalue weighted by Crippen LogP contribution is -2.47. The first-order chi connectivity index (χ1) is 13.7. The summed E-state index contributed by atoms with van der Waals surface area (Å²) in [5.41, 5.74) is 2.15. The fraction of sp³-hybridized carbons (Fsp3) is 0.450. The number of hydrogen-bond donors (Lipinski definition) is 2. The van der Waals surface area contributed by atoms with Crippen LogP contribution in [0.25, 0.3) is 10.2 Å². The van der Waals surface area contributed by atoms with Gasteiger partial charge < -0.3 is 15.4 Å². The molecule has 148 valence electrons. The molecule has 1 atom stereocenters. The summed E-state index contributed by atoms with van der Waals surface area (Å²) >= 11 is 1.73. The Morgan fingerprint density at radius 3 is 3.04 bits per heavy atom. The standard InChI is InChI=1S/C20H24N4O3S/c1-2-27-19(25)13-11-21-20(26)23-15(13)12-24-10-6-5-8-16(24)18-22-14-7-3-4-9-17(14)28-18/h3-4,7,9,16H,2,5-6,8,10-12H2,1H3,(H2,21,23,26)/t16-/m1/s1. The molecule has 4 rings (SSSR count). The number of likely N-dealkylation sites (tertiary alicyclic amines) is 1. The molecule has 8 heteroatoms. The topological polar surface area (TPSA) is 83.6 Å². The van der Waals surface area contributed by atoms with E-state index in [1.807, 2.05) is 18.2 Å². The molecule has 1 aromatic carbocycles. The second-order valence-corrected chi connectivity index (χ2v) is 8.05. The molecule has 2 aliphatic rings. The lowest BCUT2D eigenvalue weighted by atomic mass is 10.0. The Morgan fingerprint density at radius 2 is 2.21 bits per heavy atom. The second-order valence-electron chi connectivity index (χ2n) is 6.99. The lowest BCUT2D eigenvalue weighted by molar-refractivity contribution is -0.138. The van der Waals surface area contributed by atoms with Gasteiger partial charge in [-0.25, -0.2) is 14.6 Å². The minimum Gasteiger partial charge on any atom is -0.463 e. The van der Waals surface area contributed by atoms with Crippen LogP contribution in [0, 0.1) is 0 Å². The molecule has 2 aromatic rings. The van der Waals surface area contributed by atoms with Crippen molar-refractivity contribution < 1.29 is 14.3 Å². The second kappa shape index (κ2) is 8.28. The van der Waals surface area contributed by atoms with Crippen LogP contribution in [-0.4, -0.2) is 48.1 Å². The number of ether oxygens (including phenoxy) is 1. The van der Waals surface area contributed by atoms with Crippen molar-refractivity contribution in [1.29, 1.82) is 0 Å². The number of esters is 1. The first kappa shape index (κ1) is 18.9. The van der Waals surface area contributed by atoms with Crippen LogP contribution in [0.4, 0.5) is 4.79 Å². The number of carbonyl (C=O) groups is 2. The van der Waals surface area contributed by atoms with Crippen LogP contribution in [0.1, 0.15) is 37.2 Å². The highest BCUT2D eigenvalue weighted by Crippen LogP contribution is 2.36. The van der Waals surface area contributed by atoms with Gasteiger partial charge in [-0.15, -0.1) is 11.3 Å². The molecule has 28 heavy (non-hydrogen) atoms. The molecule has 0 saturated carbocycles. The van der Waals surface area contributed by atoms with Crippen LogP contribution in [0.2, 0.25) is 0 Å². The molecule has 0 aliphatic carbocycles. The zero-order chi connectivity index (χ0) is 19.5. The van der Waals surface area contributed by atoms with E-state index in [2.05, 4.69) is 21.6 Å². The number of hydrogen-bond acceptors (Lipinski definition) is 6. The van der Waals surface area contributed by atoms with Gasteiger partial charge in [0.15, 0.2) is 0 Å². The van der Waals surface area contributed by atoms with E-state index in [4.69, 9.17) is 9.72 Å².